The van der Waals surface area contributed by atoms with Crippen LogP contribution in [0.25, 0.3) is 0 Å². The van der Waals surface area contributed by atoms with Crippen LogP contribution in [0.4, 0.5) is 5.82 Å². The number of nitrogens with two attached hydrogens (primary N) is 1. The third-order valence-corrected chi connectivity index (χ3v) is 5.49. The summed E-state index contributed by atoms with van der Waals surface area (Å²) in [7, 11) is 0. The Hall–Kier alpha value is -1.27. The summed E-state index contributed by atoms with van der Waals surface area (Å²) in [5, 5.41) is 1.78. The van der Waals surface area contributed by atoms with Gasteiger partial charge >= 0.3 is 0 Å². The molecule has 2 rings (SSSR count). The Kier molecular flexibility index (Phi) is 6.72. The van der Waals surface area contributed by atoms with Crippen molar-refractivity contribution < 1.29 is 0 Å². The Morgan fingerprint density at radius 3 is 2.57 bits per heavy atom. The van der Waals surface area contributed by atoms with Gasteiger partial charge in [-0.2, -0.15) is 0 Å². The van der Waals surface area contributed by atoms with Crippen LogP contribution in [0.2, 0.25) is 0 Å². The SMILES string of the molecule is CCC(CC)c1ccnc(C(C)Sc2nc(N)cc(SC)n2)c1. The number of anilines is 1. The van der Waals surface area contributed by atoms with Crippen molar-refractivity contribution in [2.24, 2.45) is 0 Å². The molecule has 4 nitrogen and oxygen atoms in total. The summed E-state index contributed by atoms with van der Waals surface area (Å²) < 4.78 is 0. The van der Waals surface area contributed by atoms with E-state index in [0.29, 0.717) is 16.9 Å². The second kappa shape index (κ2) is 8.55. The first-order valence-corrected chi connectivity index (χ1v) is 9.98. The average Bonchev–Trinajstić information content (AvgIpc) is 2.55. The van der Waals surface area contributed by atoms with Crippen molar-refractivity contribution in [2.75, 3.05) is 12.0 Å². The second-order valence-corrected chi connectivity index (χ2v) is 7.54. The quantitative estimate of drug-likeness (QED) is 0.435. The predicted molar refractivity (Wildman–Crippen MR) is 100 cm³/mol. The second-order valence-electron chi connectivity index (χ2n) is 5.41. The van der Waals surface area contributed by atoms with Gasteiger partial charge in [0.1, 0.15) is 10.8 Å². The number of nitrogen functional groups attached to an aromatic ring is 1. The summed E-state index contributed by atoms with van der Waals surface area (Å²) in [6, 6.07) is 6.14. The van der Waals surface area contributed by atoms with Gasteiger partial charge in [-0.05, 0) is 49.6 Å². The molecule has 2 aromatic rings. The van der Waals surface area contributed by atoms with Gasteiger partial charge in [-0.1, -0.05) is 25.6 Å². The highest BCUT2D eigenvalue weighted by molar-refractivity contribution is 7.99. The first-order valence-electron chi connectivity index (χ1n) is 7.88. The van der Waals surface area contributed by atoms with Crippen molar-refractivity contribution in [3.05, 3.63) is 35.7 Å². The first kappa shape index (κ1) is 18.1. The van der Waals surface area contributed by atoms with E-state index >= 15 is 0 Å². The van der Waals surface area contributed by atoms with Crippen LogP contribution in [0.3, 0.4) is 0 Å². The van der Waals surface area contributed by atoms with E-state index < -0.39 is 0 Å². The molecule has 0 aliphatic heterocycles. The summed E-state index contributed by atoms with van der Waals surface area (Å²) in [5.41, 5.74) is 8.29. The van der Waals surface area contributed by atoms with Crippen LogP contribution in [0, 0.1) is 0 Å². The maximum Gasteiger partial charge on any atom is 0.191 e. The molecule has 0 aromatic carbocycles. The summed E-state index contributed by atoms with van der Waals surface area (Å²) in [6.07, 6.45) is 6.20. The lowest BCUT2D eigenvalue weighted by atomic mass is 9.94. The highest BCUT2D eigenvalue weighted by Gasteiger charge is 2.15. The molecule has 0 radical (unpaired) electrons. The number of hydrogen-bond donors (Lipinski definition) is 1. The Morgan fingerprint density at radius 1 is 1.17 bits per heavy atom. The zero-order chi connectivity index (χ0) is 16.8. The predicted octanol–water partition coefficient (Wildman–Crippen LogP) is 4.93. The van der Waals surface area contributed by atoms with Crippen molar-refractivity contribution in [1.29, 1.82) is 0 Å². The summed E-state index contributed by atoms with van der Waals surface area (Å²) in [4.78, 5) is 13.4. The van der Waals surface area contributed by atoms with E-state index in [2.05, 4.69) is 47.9 Å². The Bertz CT molecular complexity index is 644. The number of nitrogens with zero attached hydrogens (tertiary/aromatic N) is 3. The minimum atomic E-state index is 0.181. The third kappa shape index (κ3) is 4.85. The Morgan fingerprint density at radius 2 is 1.91 bits per heavy atom. The van der Waals surface area contributed by atoms with E-state index in [1.165, 1.54) is 5.56 Å². The standard InChI is InChI=1S/C17H24N4S2/c1-5-12(6-2)13-7-8-19-14(9-13)11(3)23-17-20-15(18)10-16(21-17)22-4/h7-12H,5-6H2,1-4H3,(H2,18,20,21). The monoisotopic (exact) mass is 348 g/mol. The van der Waals surface area contributed by atoms with Gasteiger partial charge in [0.15, 0.2) is 5.16 Å². The molecule has 0 saturated carbocycles. The Labute approximate surface area is 147 Å². The van der Waals surface area contributed by atoms with Gasteiger partial charge in [-0.15, -0.1) is 11.8 Å². The van der Waals surface area contributed by atoms with Crippen molar-refractivity contribution in [2.45, 2.75) is 55.0 Å². The maximum atomic E-state index is 5.86. The molecule has 124 valence electrons. The van der Waals surface area contributed by atoms with Crippen LogP contribution in [-0.4, -0.2) is 21.2 Å². The molecule has 2 aromatic heterocycles. The van der Waals surface area contributed by atoms with Gasteiger partial charge in [-0.3, -0.25) is 4.98 Å². The number of rotatable bonds is 7. The van der Waals surface area contributed by atoms with Crippen molar-refractivity contribution in [3.8, 4) is 0 Å². The fourth-order valence-electron chi connectivity index (χ4n) is 2.50. The van der Waals surface area contributed by atoms with E-state index in [1.807, 2.05) is 12.5 Å². The van der Waals surface area contributed by atoms with Gasteiger partial charge in [-0.25, -0.2) is 9.97 Å². The van der Waals surface area contributed by atoms with Crippen LogP contribution in [0.15, 0.2) is 34.6 Å². The van der Waals surface area contributed by atoms with Gasteiger partial charge in [0, 0.05) is 12.3 Å². The van der Waals surface area contributed by atoms with E-state index in [0.717, 1.165) is 23.6 Å². The van der Waals surface area contributed by atoms with Crippen LogP contribution in [0.1, 0.15) is 56.0 Å². The maximum absolute atomic E-state index is 5.86. The van der Waals surface area contributed by atoms with Gasteiger partial charge in [0.2, 0.25) is 0 Å². The molecule has 23 heavy (non-hydrogen) atoms. The number of pyridine rings is 1. The lowest BCUT2D eigenvalue weighted by Gasteiger charge is -2.16. The molecule has 0 fully saturated rings. The van der Waals surface area contributed by atoms with Gasteiger partial charge < -0.3 is 5.73 Å². The van der Waals surface area contributed by atoms with E-state index in [9.17, 15) is 0 Å². The first-order chi connectivity index (χ1) is 11.1. The molecule has 0 spiro atoms. The van der Waals surface area contributed by atoms with E-state index in [-0.39, 0.29) is 5.25 Å². The topological polar surface area (TPSA) is 64.7 Å². The molecular formula is C17H24N4S2. The van der Waals surface area contributed by atoms with Crippen LogP contribution in [-0.2, 0) is 0 Å². The van der Waals surface area contributed by atoms with E-state index in [1.54, 1.807) is 29.6 Å². The van der Waals surface area contributed by atoms with E-state index in [4.69, 9.17) is 5.73 Å². The van der Waals surface area contributed by atoms with Crippen LogP contribution >= 0.6 is 23.5 Å². The molecule has 6 heteroatoms. The third-order valence-electron chi connectivity index (χ3n) is 3.87. The smallest absolute Gasteiger partial charge is 0.191 e. The molecule has 1 unspecified atom stereocenters. The van der Waals surface area contributed by atoms with Gasteiger partial charge in [0.05, 0.1) is 10.9 Å². The summed E-state index contributed by atoms with van der Waals surface area (Å²) in [6.45, 7) is 6.60. The zero-order valence-electron chi connectivity index (χ0n) is 14.1. The number of thioether (sulfide) groups is 2. The van der Waals surface area contributed by atoms with Crippen LogP contribution in [0.5, 0.6) is 0 Å². The molecule has 0 aliphatic rings. The van der Waals surface area contributed by atoms with Gasteiger partial charge in [0.25, 0.3) is 0 Å². The lowest BCUT2D eigenvalue weighted by molar-refractivity contribution is 0.639. The van der Waals surface area contributed by atoms with Crippen molar-refractivity contribution in [3.63, 3.8) is 0 Å². The number of aromatic nitrogens is 3. The molecular weight excluding hydrogens is 324 g/mol. The molecule has 0 saturated heterocycles. The number of hydrogen-bond acceptors (Lipinski definition) is 6. The molecule has 0 bridgehead atoms. The largest absolute Gasteiger partial charge is 0.384 e. The highest BCUT2D eigenvalue weighted by Crippen LogP contribution is 2.34. The van der Waals surface area contributed by atoms with Crippen molar-refractivity contribution >= 4 is 29.3 Å². The highest BCUT2D eigenvalue weighted by atomic mass is 32.2. The minimum absolute atomic E-state index is 0.181. The fourth-order valence-corrected chi connectivity index (χ4v) is 3.85. The summed E-state index contributed by atoms with van der Waals surface area (Å²) in [5.74, 6) is 1.11. The zero-order valence-corrected chi connectivity index (χ0v) is 15.7. The molecule has 0 aliphatic carbocycles. The van der Waals surface area contributed by atoms with Crippen LogP contribution < -0.4 is 5.73 Å². The average molecular weight is 349 g/mol. The molecule has 2 heterocycles. The van der Waals surface area contributed by atoms with Crippen molar-refractivity contribution in [1.82, 2.24) is 15.0 Å². The minimum Gasteiger partial charge on any atom is -0.384 e. The molecule has 0 amide bonds. The molecule has 2 N–H and O–H groups in total. The molecule has 1 atom stereocenters. The Balaban J connectivity index is 2.19. The summed E-state index contributed by atoms with van der Waals surface area (Å²) >= 11 is 3.17. The fraction of sp³-hybridized carbons (Fsp3) is 0.471. The lowest BCUT2D eigenvalue weighted by Crippen LogP contribution is -2.01. The normalized spacial score (nSPS) is 12.6.